The molecule has 0 aliphatic carbocycles. The molecule has 1 N–H and O–H groups in total. The highest BCUT2D eigenvalue weighted by molar-refractivity contribution is 7.16. The minimum atomic E-state index is -1.21. The zero-order chi connectivity index (χ0) is 17.5. The molecule has 0 spiro atoms. The highest BCUT2D eigenvalue weighted by Gasteiger charge is 2.11. The Morgan fingerprint density at radius 1 is 1.38 bits per heavy atom. The standard InChI is InChI=1S/C19H19NO3S/c1-4-5-10-23-17-11-13(2)6-8-15(17)18-9-7-14(24-18)12-16(20-3)19(21)22/h6-9,11-12H,4-5,10H2,1-2H3,(H,21,22)/b16-12-. The summed E-state index contributed by atoms with van der Waals surface area (Å²) in [4.78, 5) is 15.7. The second-order valence-electron chi connectivity index (χ2n) is 5.35. The second kappa shape index (κ2) is 8.32. The number of unbranched alkanes of at least 4 members (excludes halogenated alkanes) is 1. The van der Waals surface area contributed by atoms with Gasteiger partial charge in [0.2, 0.25) is 0 Å². The average molecular weight is 341 g/mol. The number of hydrogen-bond acceptors (Lipinski definition) is 3. The molecule has 5 heteroatoms. The van der Waals surface area contributed by atoms with E-state index >= 15 is 0 Å². The number of benzene rings is 1. The van der Waals surface area contributed by atoms with E-state index in [1.165, 1.54) is 17.4 Å². The van der Waals surface area contributed by atoms with Crippen molar-refractivity contribution < 1.29 is 14.6 Å². The van der Waals surface area contributed by atoms with Crippen LogP contribution >= 0.6 is 11.3 Å². The minimum absolute atomic E-state index is 0.285. The first-order chi connectivity index (χ1) is 11.5. The van der Waals surface area contributed by atoms with Crippen LogP contribution in [0.4, 0.5) is 0 Å². The summed E-state index contributed by atoms with van der Waals surface area (Å²) in [6.07, 6.45) is 3.47. The number of carboxylic acids is 1. The quantitative estimate of drug-likeness (QED) is 0.425. The molecular weight excluding hydrogens is 322 g/mol. The zero-order valence-electron chi connectivity index (χ0n) is 13.7. The van der Waals surface area contributed by atoms with Crippen molar-refractivity contribution in [2.24, 2.45) is 0 Å². The van der Waals surface area contributed by atoms with E-state index in [4.69, 9.17) is 16.4 Å². The molecule has 0 saturated carbocycles. The normalized spacial score (nSPS) is 11.1. The molecule has 24 heavy (non-hydrogen) atoms. The lowest BCUT2D eigenvalue weighted by Gasteiger charge is -2.11. The van der Waals surface area contributed by atoms with Gasteiger partial charge in [-0.05, 0) is 49.2 Å². The molecule has 0 saturated heterocycles. The Morgan fingerprint density at radius 3 is 2.83 bits per heavy atom. The third-order valence-electron chi connectivity index (χ3n) is 3.40. The number of aryl methyl sites for hydroxylation is 1. The van der Waals surface area contributed by atoms with E-state index in [9.17, 15) is 4.79 Å². The third-order valence-corrected chi connectivity index (χ3v) is 4.47. The molecule has 0 fully saturated rings. The first-order valence-corrected chi connectivity index (χ1v) is 8.53. The average Bonchev–Trinajstić information content (AvgIpc) is 3.01. The maximum atomic E-state index is 11.0. The highest BCUT2D eigenvalue weighted by Crippen LogP contribution is 2.36. The molecule has 0 bridgehead atoms. The molecule has 1 aromatic heterocycles. The SMILES string of the molecule is [C-]#[N+]/C(=C\c1ccc(-c2ccc(C)cc2OCCCC)s1)C(=O)O. The number of rotatable bonds is 7. The van der Waals surface area contributed by atoms with Gasteiger partial charge in [-0.1, -0.05) is 19.4 Å². The van der Waals surface area contributed by atoms with Gasteiger partial charge in [0.05, 0.1) is 13.2 Å². The van der Waals surface area contributed by atoms with Gasteiger partial charge in [-0.25, -0.2) is 4.85 Å². The third kappa shape index (κ3) is 4.46. The summed E-state index contributed by atoms with van der Waals surface area (Å²) >= 11 is 1.44. The Hall–Kier alpha value is -2.58. The van der Waals surface area contributed by atoms with E-state index in [0.717, 1.165) is 39.5 Å². The molecule has 2 aromatic rings. The van der Waals surface area contributed by atoms with Crippen LogP contribution in [0, 0.1) is 13.5 Å². The lowest BCUT2D eigenvalue weighted by atomic mass is 10.1. The van der Waals surface area contributed by atoms with Gasteiger partial charge in [0.1, 0.15) is 5.75 Å². The molecule has 124 valence electrons. The van der Waals surface area contributed by atoms with E-state index in [0.29, 0.717) is 6.61 Å². The predicted octanol–water partition coefficient (Wildman–Crippen LogP) is 5.25. The van der Waals surface area contributed by atoms with E-state index in [1.54, 1.807) is 0 Å². The first kappa shape index (κ1) is 17.8. The maximum absolute atomic E-state index is 11.0. The summed E-state index contributed by atoms with van der Waals surface area (Å²) in [5.74, 6) is -0.372. The fourth-order valence-corrected chi connectivity index (χ4v) is 3.11. The second-order valence-corrected chi connectivity index (χ2v) is 6.47. The molecule has 2 rings (SSSR count). The van der Waals surface area contributed by atoms with Crippen LogP contribution in [0.5, 0.6) is 5.75 Å². The summed E-state index contributed by atoms with van der Waals surface area (Å²) in [6, 6.07) is 9.81. The van der Waals surface area contributed by atoms with Crippen molar-refractivity contribution in [2.75, 3.05) is 6.61 Å². The van der Waals surface area contributed by atoms with Crippen LogP contribution in [-0.4, -0.2) is 17.7 Å². The summed E-state index contributed by atoms with van der Waals surface area (Å²) in [5, 5.41) is 8.96. The summed E-state index contributed by atoms with van der Waals surface area (Å²) in [5.41, 5.74) is 1.83. The van der Waals surface area contributed by atoms with Crippen LogP contribution in [0.15, 0.2) is 36.0 Å². The number of nitrogens with zero attached hydrogens (tertiary/aromatic N) is 1. The van der Waals surface area contributed by atoms with Crippen molar-refractivity contribution in [1.82, 2.24) is 0 Å². The molecule has 0 aliphatic rings. The van der Waals surface area contributed by atoms with Crippen LogP contribution in [0.25, 0.3) is 21.4 Å². The predicted molar refractivity (Wildman–Crippen MR) is 97.1 cm³/mol. The zero-order valence-corrected chi connectivity index (χ0v) is 14.5. The van der Waals surface area contributed by atoms with Crippen LogP contribution in [-0.2, 0) is 4.79 Å². The summed E-state index contributed by atoms with van der Waals surface area (Å²) in [6.45, 7) is 11.7. The molecule has 0 amide bonds. The Morgan fingerprint density at radius 2 is 2.17 bits per heavy atom. The molecule has 1 heterocycles. The van der Waals surface area contributed by atoms with Gasteiger partial charge in [-0.2, -0.15) is 0 Å². The number of aliphatic carboxylic acids is 1. The Balaban J connectivity index is 2.33. The largest absolute Gasteiger partial charge is 0.493 e. The molecule has 4 nitrogen and oxygen atoms in total. The van der Waals surface area contributed by atoms with E-state index < -0.39 is 5.97 Å². The monoisotopic (exact) mass is 341 g/mol. The Labute approximate surface area is 145 Å². The molecular formula is C19H19NO3S. The number of carboxylic acid groups (broad SMARTS) is 1. The van der Waals surface area contributed by atoms with Gasteiger partial charge in [0, 0.05) is 15.3 Å². The highest BCUT2D eigenvalue weighted by atomic mass is 32.1. The molecule has 0 radical (unpaired) electrons. The minimum Gasteiger partial charge on any atom is -0.493 e. The number of ether oxygens (including phenoxy) is 1. The molecule has 0 aliphatic heterocycles. The smallest absolute Gasteiger partial charge is 0.333 e. The topological polar surface area (TPSA) is 50.9 Å². The first-order valence-electron chi connectivity index (χ1n) is 7.71. The van der Waals surface area contributed by atoms with Crippen molar-refractivity contribution in [2.45, 2.75) is 26.7 Å². The van der Waals surface area contributed by atoms with Crippen molar-refractivity contribution in [3.05, 3.63) is 57.9 Å². The van der Waals surface area contributed by atoms with Gasteiger partial charge < -0.3 is 9.84 Å². The van der Waals surface area contributed by atoms with Gasteiger partial charge in [0.15, 0.2) is 0 Å². The van der Waals surface area contributed by atoms with Crippen molar-refractivity contribution in [3.63, 3.8) is 0 Å². The van der Waals surface area contributed by atoms with Crippen LogP contribution < -0.4 is 4.74 Å². The van der Waals surface area contributed by atoms with Gasteiger partial charge in [-0.3, -0.25) is 4.79 Å². The van der Waals surface area contributed by atoms with E-state index in [1.807, 2.05) is 37.3 Å². The number of hydrogen-bond donors (Lipinski definition) is 1. The van der Waals surface area contributed by atoms with Crippen LogP contribution in [0.3, 0.4) is 0 Å². The van der Waals surface area contributed by atoms with Crippen LogP contribution in [0.1, 0.15) is 30.2 Å². The molecule has 0 unspecified atom stereocenters. The van der Waals surface area contributed by atoms with Crippen molar-refractivity contribution in [3.8, 4) is 16.2 Å². The van der Waals surface area contributed by atoms with Gasteiger partial charge >= 0.3 is 5.97 Å². The maximum Gasteiger partial charge on any atom is 0.333 e. The lowest BCUT2D eigenvalue weighted by Crippen LogP contribution is -1.98. The van der Waals surface area contributed by atoms with Crippen molar-refractivity contribution >= 4 is 23.4 Å². The van der Waals surface area contributed by atoms with Gasteiger partial charge in [-0.15, -0.1) is 11.3 Å². The number of carbonyl (C=O) groups is 1. The number of thiophene rings is 1. The van der Waals surface area contributed by atoms with E-state index in [2.05, 4.69) is 11.8 Å². The fraction of sp³-hybridized carbons (Fsp3) is 0.263. The molecule has 1 aromatic carbocycles. The molecule has 0 atom stereocenters. The Kier molecular flexibility index (Phi) is 6.16. The van der Waals surface area contributed by atoms with E-state index in [-0.39, 0.29) is 5.70 Å². The van der Waals surface area contributed by atoms with Gasteiger partial charge in [0.25, 0.3) is 5.70 Å². The lowest BCUT2D eigenvalue weighted by molar-refractivity contribution is -0.132. The Bertz CT molecular complexity index is 799. The fourth-order valence-electron chi connectivity index (χ4n) is 2.13. The van der Waals surface area contributed by atoms with Crippen LogP contribution in [0.2, 0.25) is 0 Å². The summed E-state index contributed by atoms with van der Waals surface area (Å²) < 4.78 is 5.91. The van der Waals surface area contributed by atoms with Crippen molar-refractivity contribution in [1.29, 1.82) is 0 Å². The summed E-state index contributed by atoms with van der Waals surface area (Å²) in [7, 11) is 0.